The molecule has 3 aliphatic heterocycles. The van der Waals surface area contributed by atoms with E-state index >= 15 is 0 Å². The van der Waals surface area contributed by atoms with Gasteiger partial charge in [0.2, 0.25) is 0 Å². The average molecular weight is 323 g/mol. The first-order chi connectivity index (χ1) is 10.7. The van der Waals surface area contributed by atoms with Crippen LogP contribution in [0, 0.1) is 0 Å². The van der Waals surface area contributed by atoms with Crippen LogP contribution in [0.3, 0.4) is 0 Å². The number of aliphatic hydroxyl groups excluding tert-OH is 1. The SMILES string of the molecule is CCc1cc2c(s1)CCOC21CCN(C2COCC2O)CC1. The third-order valence-corrected chi connectivity index (χ3v) is 6.84. The van der Waals surface area contributed by atoms with Gasteiger partial charge in [0, 0.05) is 29.3 Å². The van der Waals surface area contributed by atoms with Gasteiger partial charge in [0.15, 0.2) is 0 Å². The highest BCUT2D eigenvalue weighted by Gasteiger charge is 2.44. The maximum absolute atomic E-state index is 10.0. The van der Waals surface area contributed by atoms with Crippen LogP contribution in [0.4, 0.5) is 0 Å². The summed E-state index contributed by atoms with van der Waals surface area (Å²) in [5, 5.41) is 10.0. The van der Waals surface area contributed by atoms with Gasteiger partial charge in [0.25, 0.3) is 0 Å². The molecule has 1 aromatic rings. The molecule has 5 heteroatoms. The van der Waals surface area contributed by atoms with Crippen molar-refractivity contribution in [1.29, 1.82) is 0 Å². The van der Waals surface area contributed by atoms with Crippen molar-refractivity contribution in [2.75, 3.05) is 32.9 Å². The highest BCUT2D eigenvalue weighted by atomic mass is 32.1. The van der Waals surface area contributed by atoms with Gasteiger partial charge in [-0.2, -0.15) is 0 Å². The smallest absolute Gasteiger partial charge is 0.0966 e. The number of piperidine rings is 1. The van der Waals surface area contributed by atoms with E-state index in [4.69, 9.17) is 9.47 Å². The predicted molar refractivity (Wildman–Crippen MR) is 86.5 cm³/mol. The summed E-state index contributed by atoms with van der Waals surface area (Å²) in [7, 11) is 0. The van der Waals surface area contributed by atoms with Gasteiger partial charge in [-0.15, -0.1) is 11.3 Å². The Hall–Kier alpha value is -0.460. The predicted octanol–water partition coefficient (Wildman–Crippen LogP) is 1.93. The molecule has 2 saturated heterocycles. The van der Waals surface area contributed by atoms with Crippen LogP contribution in [0.25, 0.3) is 0 Å². The molecule has 4 rings (SSSR count). The lowest BCUT2D eigenvalue weighted by Crippen LogP contribution is -2.52. The zero-order valence-electron chi connectivity index (χ0n) is 13.2. The number of hydrogen-bond acceptors (Lipinski definition) is 5. The Morgan fingerprint density at radius 2 is 2.18 bits per heavy atom. The standard InChI is InChI=1S/C17H25NO3S/c1-2-12-9-13-16(22-12)3-8-21-17(13)4-6-18(7-5-17)14-10-20-11-15(14)19/h9,14-15,19H,2-8,10-11H2,1H3. The maximum Gasteiger partial charge on any atom is 0.0966 e. The van der Waals surface area contributed by atoms with Gasteiger partial charge >= 0.3 is 0 Å². The molecule has 0 radical (unpaired) electrons. The van der Waals surface area contributed by atoms with E-state index < -0.39 is 0 Å². The van der Waals surface area contributed by atoms with Gasteiger partial charge in [-0.25, -0.2) is 0 Å². The largest absolute Gasteiger partial charge is 0.389 e. The Kier molecular flexibility index (Phi) is 4.03. The van der Waals surface area contributed by atoms with Crippen molar-refractivity contribution in [3.63, 3.8) is 0 Å². The molecule has 3 aliphatic rings. The summed E-state index contributed by atoms with van der Waals surface area (Å²) in [5.41, 5.74) is 1.39. The number of ether oxygens (including phenoxy) is 2. The van der Waals surface area contributed by atoms with Crippen LogP contribution in [0.2, 0.25) is 0 Å². The molecule has 1 aromatic heterocycles. The van der Waals surface area contributed by atoms with Crippen molar-refractivity contribution in [2.24, 2.45) is 0 Å². The minimum absolute atomic E-state index is 0.0710. The summed E-state index contributed by atoms with van der Waals surface area (Å²) < 4.78 is 11.7. The Balaban J connectivity index is 1.52. The number of hydrogen-bond donors (Lipinski definition) is 1. The maximum atomic E-state index is 10.0. The van der Waals surface area contributed by atoms with Crippen LogP contribution in [0.5, 0.6) is 0 Å². The number of fused-ring (bicyclic) bond motifs is 2. The van der Waals surface area contributed by atoms with Gasteiger partial charge < -0.3 is 14.6 Å². The van der Waals surface area contributed by atoms with Gasteiger partial charge in [0.05, 0.1) is 37.6 Å². The number of nitrogens with zero attached hydrogens (tertiary/aromatic N) is 1. The second-order valence-corrected chi connectivity index (χ2v) is 7.93. The van der Waals surface area contributed by atoms with Crippen LogP contribution in [0.15, 0.2) is 6.07 Å². The lowest BCUT2D eigenvalue weighted by Gasteiger charge is -2.45. The quantitative estimate of drug-likeness (QED) is 0.903. The van der Waals surface area contributed by atoms with E-state index in [1.165, 1.54) is 10.4 Å². The Bertz CT molecular complexity index is 536. The van der Waals surface area contributed by atoms with E-state index in [9.17, 15) is 5.11 Å². The second-order valence-electron chi connectivity index (χ2n) is 6.70. The lowest BCUT2D eigenvalue weighted by molar-refractivity contribution is -0.106. The summed E-state index contributed by atoms with van der Waals surface area (Å²) in [4.78, 5) is 5.42. The number of aryl methyl sites for hydroxylation is 1. The van der Waals surface area contributed by atoms with E-state index in [0.29, 0.717) is 13.2 Å². The molecule has 0 bridgehead atoms. The second kappa shape index (κ2) is 5.87. The summed E-state index contributed by atoms with van der Waals surface area (Å²) in [6, 6.07) is 2.57. The third kappa shape index (κ3) is 2.43. The van der Waals surface area contributed by atoms with Crippen LogP contribution >= 0.6 is 11.3 Å². The first-order valence-corrected chi connectivity index (χ1v) is 9.29. The molecule has 22 heavy (non-hydrogen) atoms. The Morgan fingerprint density at radius 3 is 2.86 bits per heavy atom. The molecule has 0 saturated carbocycles. The number of likely N-dealkylation sites (tertiary alicyclic amines) is 1. The van der Waals surface area contributed by atoms with Gasteiger partial charge in [-0.3, -0.25) is 4.90 Å². The monoisotopic (exact) mass is 323 g/mol. The Labute approximate surface area is 136 Å². The van der Waals surface area contributed by atoms with Crippen molar-refractivity contribution in [2.45, 2.75) is 50.4 Å². The van der Waals surface area contributed by atoms with Crippen molar-refractivity contribution in [3.05, 3.63) is 21.4 Å². The molecule has 2 fully saturated rings. The molecular formula is C17H25NO3S. The van der Waals surface area contributed by atoms with E-state index in [2.05, 4.69) is 17.9 Å². The summed E-state index contributed by atoms with van der Waals surface area (Å²) in [6.07, 6.45) is 3.92. The fourth-order valence-corrected chi connectivity index (χ4v) is 5.34. The fourth-order valence-electron chi connectivity index (χ4n) is 4.16. The molecule has 0 aromatic carbocycles. The van der Waals surface area contributed by atoms with E-state index in [1.54, 1.807) is 4.88 Å². The lowest BCUT2D eigenvalue weighted by atomic mass is 9.81. The van der Waals surface area contributed by atoms with Gasteiger partial charge in [-0.1, -0.05) is 6.92 Å². The molecule has 122 valence electrons. The summed E-state index contributed by atoms with van der Waals surface area (Å²) in [6.45, 7) is 6.21. The fraction of sp³-hybridized carbons (Fsp3) is 0.765. The molecule has 4 heterocycles. The van der Waals surface area contributed by atoms with Gasteiger partial charge in [-0.05, 0) is 30.9 Å². The van der Waals surface area contributed by atoms with E-state index in [-0.39, 0.29) is 17.7 Å². The van der Waals surface area contributed by atoms with Crippen LogP contribution < -0.4 is 0 Å². The molecule has 4 nitrogen and oxygen atoms in total. The van der Waals surface area contributed by atoms with Crippen LogP contribution in [0.1, 0.15) is 35.1 Å². The third-order valence-electron chi connectivity index (χ3n) is 5.50. The zero-order chi connectivity index (χ0) is 15.2. The number of aliphatic hydroxyl groups is 1. The zero-order valence-corrected chi connectivity index (χ0v) is 14.0. The minimum atomic E-state index is -0.329. The molecule has 1 N–H and O–H groups in total. The first kappa shape index (κ1) is 15.1. The van der Waals surface area contributed by atoms with Crippen molar-refractivity contribution < 1.29 is 14.6 Å². The molecule has 2 unspecified atom stereocenters. The highest BCUT2D eigenvalue weighted by Crippen LogP contribution is 2.45. The molecule has 0 aliphatic carbocycles. The van der Waals surface area contributed by atoms with E-state index in [0.717, 1.165) is 45.4 Å². The van der Waals surface area contributed by atoms with Crippen LogP contribution in [-0.4, -0.2) is 55.1 Å². The summed E-state index contributed by atoms with van der Waals surface area (Å²) >= 11 is 1.98. The number of rotatable bonds is 2. The van der Waals surface area contributed by atoms with Crippen molar-refractivity contribution in [1.82, 2.24) is 4.90 Å². The summed E-state index contributed by atoms with van der Waals surface area (Å²) in [5.74, 6) is 0. The topological polar surface area (TPSA) is 41.9 Å². The minimum Gasteiger partial charge on any atom is -0.389 e. The van der Waals surface area contributed by atoms with Crippen LogP contribution in [-0.2, 0) is 27.9 Å². The molecule has 0 amide bonds. The average Bonchev–Trinajstić information content (AvgIpc) is 3.15. The van der Waals surface area contributed by atoms with Crippen molar-refractivity contribution >= 4 is 11.3 Å². The van der Waals surface area contributed by atoms with E-state index in [1.807, 2.05) is 11.3 Å². The molecular weight excluding hydrogens is 298 g/mol. The molecule has 1 spiro atoms. The highest BCUT2D eigenvalue weighted by molar-refractivity contribution is 7.12. The van der Waals surface area contributed by atoms with Crippen molar-refractivity contribution in [3.8, 4) is 0 Å². The molecule has 2 atom stereocenters. The van der Waals surface area contributed by atoms with Gasteiger partial charge in [0.1, 0.15) is 0 Å². The first-order valence-electron chi connectivity index (χ1n) is 8.48. The Morgan fingerprint density at radius 1 is 1.36 bits per heavy atom. The normalized spacial score (nSPS) is 31.5. The number of thiophene rings is 1.